The largest absolute Gasteiger partial charge is 0.488 e. The summed E-state index contributed by atoms with van der Waals surface area (Å²) in [6, 6.07) is 12.2. The maximum absolute atomic E-state index is 14.0. The summed E-state index contributed by atoms with van der Waals surface area (Å²) in [6.07, 6.45) is 1.95. The minimum atomic E-state index is -0.563. The third kappa shape index (κ3) is 5.10. The van der Waals surface area contributed by atoms with Gasteiger partial charge in [0.2, 0.25) is 0 Å². The first-order valence-corrected chi connectivity index (χ1v) is 10.5. The molecule has 4 nitrogen and oxygen atoms in total. The average Bonchev–Trinajstić information content (AvgIpc) is 2.71. The van der Waals surface area contributed by atoms with E-state index in [4.69, 9.17) is 16.3 Å². The van der Waals surface area contributed by atoms with Gasteiger partial charge >= 0.3 is 0 Å². The first-order valence-electron chi connectivity index (χ1n) is 10.1. The first-order chi connectivity index (χ1) is 14.0. The number of para-hydroxylation sites is 1. The number of nitrogens with zero attached hydrogens (tertiary/aromatic N) is 1. The third-order valence-electron chi connectivity index (χ3n) is 5.93. The van der Waals surface area contributed by atoms with E-state index in [0.717, 1.165) is 31.4 Å². The topological polar surface area (TPSA) is 52.9 Å². The minimum Gasteiger partial charge on any atom is -0.488 e. The number of likely N-dealkylation sites (tertiary alicyclic amines) is 1. The molecule has 0 spiro atoms. The van der Waals surface area contributed by atoms with Crippen LogP contribution in [0.5, 0.6) is 5.75 Å². The Kier molecular flexibility index (Phi) is 7.52. The second-order valence-electron chi connectivity index (χ2n) is 7.87. The molecule has 29 heavy (non-hydrogen) atoms. The van der Waals surface area contributed by atoms with Gasteiger partial charge in [-0.3, -0.25) is 4.90 Å². The summed E-state index contributed by atoms with van der Waals surface area (Å²) in [4.78, 5) is 2.17. The van der Waals surface area contributed by atoms with Crippen molar-refractivity contribution < 1.29 is 19.3 Å². The van der Waals surface area contributed by atoms with Crippen molar-refractivity contribution in [1.82, 2.24) is 4.90 Å². The molecule has 1 fully saturated rings. The molecule has 1 aliphatic heterocycles. The van der Waals surface area contributed by atoms with E-state index in [1.165, 1.54) is 6.07 Å². The molecule has 0 amide bonds. The van der Waals surface area contributed by atoms with Gasteiger partial charge < -0.3 is 14.9 Å². The highest BCUT2D eigenvalue weighted by Crippen LogP contribution is 2.37. The highest BCUT2D eigenvalue weighted by atomic mass is 35.5. The molecule has 158 valence electrons. The SMILES string of the molecule is CCC[C@]1(CO)CCN(Cc2ccccc2OCc2c(F)cccc2Cl)C[C@@H]1O. The van der Waals surface area contributed by atoms with Gasteiger partial charge in [-0.1, -0.05) is 49.2 Å². The normalized spacial score (nSPS) is 22.6. The number of aliphatic hydroxyl groups is 2. The summed E-state index contributed by atoms with van der Waals surface area (Å²) >= 11 is 6.10. The van der Waals surface area contributed by atoms with Crippen LogP contribution >= 0.6 is 11.6 Å². The van der Waals surface area contributed by atoms with Gasteiger partial charge in [-0.15, -0.1) is 0 Å². The van der Waals surface area contributed by atoms with Crippen LogP contribution < -0.4 is 4.74 Å². The predicted molar refractivity (Wildman–Crippen MR) is 113 cm³/mol. The van der Waals surface area contributed by atoms with Crippen molar-refractivity contribution >= 4 is 11.6 Å². The highest BCUT2D eigenvalue weighted by Gasteiger charge is 2.41. The van der Waals surface area contributed by atoms with E-state index >= 15 is 0 Å². The first kappa shape index (κ1) is 22.0. The van der Waals surface area contributed by atoms with E-state index in [9.17, 15) is 14.6 Å². The van der Waals surface area contributed by atoms with Gasteiger partial charge in [0.15, 0.2) is 0 Å². The zero-order valence-electron chi connectivity index (χ0n) is 16.8. The lowest BCUT2D eigenvalue weighted by Gasteiger charge is -2.44. The maximum atomic E-state index is 14.0. The number of benzene rings is 2. The molecule has 2 N–H and O–H groups in total. The maximum Gasteiger partial charge on any atom is 0.131 e. The van der Waals surface area contributed by atoms with Gasteiger partial charge in [-0.25, -0.2) is 4.39 Å². The molecular weight excluding hydrogens is 393 g/mol. The number of ether oxygens (including phenoxy) is 1. The van der Waals surface area contributed by atoms with Crippen molar-refractivity contribution in [3.63, 3.8) is 0 Å². The van der Waals surface area contributed by atoms with Crippen LogP contribution in [0.3, 0.4) is 0 Å². The highest BCUT2D eigenvalue weighted by molar-refractivity contribution is 6.31. The van der Waals surface area contributed by atoms with Gasteiger partial charge in [0.25, 0.3) is 0 Å². The van der Waals surface area contributed by atoms with Crippen molar-refractivity contribution in [2.45, 2.75) is 45.4 Å². The van der Waals surface area contributed by atoms with Crippen LogP contribution in [0, 0.1) is 11.2 Å². The van der Waals surface area contributed by atoms with E-state index in [0.29, 0.717) is 29.4 Å². The zero-order chi connectivity index (χ0) is 20.9. The van der Waals surface area contributed by atoms with Crippen LogP contribution in [-0.2, 0) is 13.2 Å². The van der Waals surface area contributed by atoms with Crippen LogP contribution in [0.1, 0.15) is 37.3 Å². The van der Waals surface area contributed by atoms with Gasteiger partial charge in [0.05, 0.1) is 17.7 Å². The van der Waals surface area contributed by atoms with Crippen LogP contribution in [-0.4, -0.2) is 40.9 Å². The Morgan fingerprint density at radius 1 is 1.24 bits per heavy atom. The number of halogens is 2. The Balaban J connectivity index is 1.67. The molecule has 3 rings (SSSR count). The number of hydrogen-bond acceptors (Lipinski definition) is 4. The van der Waals surface area contributed by atoms with E-state index in [-0.39, 0.29) is 19.0 Å². The standard InChI is InChI=1S/C23H29ClFNO3/c1-2-10-23(16-27)11-12-26(14-22(23)28)13-17-6-3-4-9-21(17)29-15-18-19(24)7-5-8-20(18)25/h3-9,22,27-28H,2,10-16H2,1H3/t22-,23+/m0/s1. The van der Waals surface area contributed by atoms with E-state index in [1.54, 1.807) is 12.1 Å². The molecule has 1 aliphatic rings. The lowest BCUT2D eigenvalue weighted by Crippen LogP contribution is -2.52. The predicted octanol–water partition coefficient (Wildman–Crippen LogP) is 4.40. The monoisotopic (exact) mass is 421 g/mol. The summed E-state index contributed by atoms with van der Waals surface area (Å²) in [5.74, 6) is 0.291. The number of rotatable bonds is 8. The second kappa shape index (κ2) is 9.90. The number of hydrogen-bond donors (Lipinski definition) is 2. The number of β-amino-alcohol motifs (C(OH)–C–C–N with tert-alkyl or cyclic N) is 1. The second-order valence-corrected chi connectivity index (χ2v) is 8.28. The fraction of sp³-hybridized carbons (Fsp3) is 0.478. The zero-order valence-corrected chi connectivity index (χ0v) is 17.5. The quantitative estimate of drug-likeness (QED) is 0.663. The molecule has 0 bridgehead atoms. The molecule has 1 heterocycles. The molecule has 2 atom stereocenters. The van der Waals surface area contributed by atoms with Crippen LogP contribution in [0.2, 0.25) is 5.02 Å². The van der Waals surface area contributed by atoms with Gasteiger partial charge in [-0.05, 0) is 37.6 Å². The Morgan fingerprint density at radius 2 is 2.03 bits per heavy atom. The van der Waals surface area contributed by atoms with Gasteiger partial charge in [-0.2, -0.15) is 0 Å². The molecule has 0 saturated carbocycles. The molecule has 0 aromatic heterocycles. The molecule has 1 saturated heterocycles. The summed E-state index contributed by atoms with van der Waals surface area (Å²) < 4.78 is 19.9. The van der Waals surface area contributed by atoms with Crippen LogP contribution in [0.4, 0.5) is 4.39 Å². The van der Waals surface area contributed by atoms with Crippen molar-refractivity contribution in [3.8, 4) is 5.75 Å². The number of piperidine rings is 1. The van der Waals surface area contributed by atoms with Crippen LogP contribution in [0.25, 0.3) is 0 Å². The molecule has 0 aliphatic carbocycles. The lowest BCUT2D eigenvalue weighted by molar-refractivity contribution is -0.0803. The fourth-order valence-electron chi connectivity index (χ4n) is 4.11. The lowest BCUT2D eigenvalue weighted by atomic mass is 9.73. The van der Waals surface area contributed by atoms with E-state index in [1.807, 2.05) is 24.3 Å². The van der Waals surface area contributed by atoms with Crippen LogP contribution in [0.15, 0.2) is 42.5 Å². The molecule has 2 aromatic carbocycles. The van der Waals surface area contributed by atoms with Gasteiger partial charge in [0.1, 0.15) is 18.2 Å². The summed E-state index contributed by atoms with van der Waals surface area (Å²) in [5.41, 5.74) is 0.909. The molecule has 2 aromatic rings. The average molecular weight is 422 g/mol. The number of aliphatic hydroxyl groups excluding tert-OH is 2. The van der Waals surface area contributed by atoms with Crippen molar-refractivity contribution in [1.29, 1.82) is 0 Å². The molecule has 6 heteroatoms. The molecule has 0 unspecified atom stereocenters. The van der Waals surface area contributed by atoms with Crippen molar-refractivity contribution in [3.05, 3.63) is 64.4 Å². The molecule has 0 radical (unpaired) electrons. The van der Waals surface area contributed by atoms with Gasteiger partial charge in [0, 0.05) is 29.6 Å². The Labute approximate surface area is 176 Å². The van der Waals surface area contributed by atoms with Crippen molar-refractivity contribution in [2.24, 2.45) is 5.41 Å². The summed E-state index contributed by atoms with van der Waals surface area (Å²) in [5, 5.41) is 20.9. The summed E-state index contributed by atoms with van der Waals surface area (Å²) in [7, 11) is 0. The fourth-order valence-corrected chi connectivity index (χ4v) is 4.33. The Hall–Kier alpha value is -1.66. The smallest absolute Gasteiger partial charge is 0.131 e. The summed E-state index contributed by atoms with van der Waals surface area (Å²) in [6.45, 7) is 4.06. The van der Waals surface area contributed by atoms with E-state index < -0.39 is 11.5 Å². The Morgan fingerprint density at radius 3 is 2.72 bits per heavy atom. The Bertz CT molecular complexity index is 798. The minimum absolute atomic E-state index is 0.0128. The van der Waals surface area contributed by atoms with E-state index in [2.05, 4.69) is 11.8 Å². The van der Waals surface area contributed by atoms with Crippen molar-refractivity contribution in [2.75, 3.05) is 19.7 Å². The molecular formula is C23H29ClFNO3. The third-order valence-corrected chi connectivity index (χ3v) is 6.28.